The van der Waals surface area contributed by atoms with Crippen molar-refractivity contribution in [1.29, 1.82) is 0 Å². The topological polar surface area (TPSA) is 51.8 Å². The van der Waals surface area contributed by atoms with Crippen LogP contribution in [0, 0.1) is 13.8 Å². The van der Waals surface area contributed by atoms with E-state index in [1.165, 1.54) is 5.56 Å². The summed E-state index contributed by atoms with van der Waals surface area (Å²) in [7, 11) is 0. The van der Waals surface area contributed by atoms with Crippen LogP contribution in [-0.2, 0) is 5.41 Å². The minimum atomic E-state index is -0.242. The van der Waals surface area contributed by atoms with E-state index in [-0.39, 0.29) is 5.41 Å². The molecule has 0 aliphatic carbocycles. The van der Waals surface area contributed by atoms with Gasteiger partial charge in [0.2, 0.25) is 0 Å². The van der Waals surface area contributed by atoms with E-state index in [0.717, 1.165) is 17.1 Å². The number of benzene rings is 1. The zero-order valence-electron chi connectivity index (χ0n) is 11.4. The molecule has 0 spiro atoms. The van der Waals surface area contributed by atoms with Gasteiger partial charge < -0.3 is 5.73 Å². The minimum Gasteiger partial charge on any atom is -0.383 e. The summed E-state index contributed by atoms with van der Waals surface area (Å²) < 4.78 is 0. The Labute approximate surface area is 108 Å². The molecule has 0 aliphatic heterocycles. The summed E-state index contributed by atoms with van der Waals surface area (Å²) in [6, 6.07) is 10.3. The third kappa shape index (κ3) is 2.08. The number of nitrogens with zero attached hydrogens (tertiary/aromatic N) is 2. The summed E-state index contributed by atoms with van der Waals surface area (Å²) in [4.78, 5) is 9.04. The largest absolute Gasteiger partial charge is 0.383 e. The molecule has 0 bridgehead atoms. The van der Waals surface area contributed by atoms with Crippen molar-refractivity contribution in [3.8, 4) is 0 Å². The zero-order chi connectivity index (χ0) is 13.3. The summed E-state index contributed by atoms with van der Waals surface area (Å²) in [6.45, 7) is 8.15. The fourth-order valence-corrected chi connectivity index (χ4v) is 1.91. The molecular weight excluding hydrogens is 222 g/mol. The fourth-order valence-electron chi connectivity index (χ4n) is 1.91. The maximum Gasteiger partial charge on any atom is 0.140 e. The van der Waals surface area contributed by atoms with Crippen molar-refractivity contribution in [1.82, 2.24) is 9.97 Å². The highest BCUT2D eigenvalue weighted by molar-refractivity contribution is 5.43. The molecule has 1 aromatic heterocycles. The number of hydrogen-bond acceptors (Lipinski definition) is 3. The van der Waals surface area contributed by atoms with Gasteiger partial charge in [-0.1, -0.05) is 30.3 Å². The van der Waals surface area contributed by atoms with Gasteiger partial charge >= 0.3 is 0 Å². The van der Waals surface area contributed by atoms with E-state index in [1.807, 2.05) is 32.0 Å². The van der Waals surface area contributed by atoms with E-state index in [9.17, 15) is 0 Å². The first-order valence-corrected chi connectivity index (χ1v) is 6.09. The van der Waals surface area contributed by atoms with Crippen molar-refractivity contribution in [2.24, 2.45) is 0 Å². The second-order valence-corrected chi connectivity index (χ2v) is 5.13. The Hall–Kier alpha value is -1.90. The molecule has 3 heteroatoms. The zero-order valence-corrected chi connectivity index (χ0v) is 11.4. The number of rotatable bonds is 2. The molecule has 18 heavy (non-hydrogen) atoms. The Morgan fingerprint density at radius 1 is 1.00 bits per heavy atom. The molecule has 0 radical (unpaired) electrons. The van der Waals surface area contributed by atoms with E-state index in [2.05, 4.69) is 35.9 Å². The van der Waals surface area contributed by atoms with Gasteiger partial charge in [-0.15, -0.1) is 0 Å². The second-order valence-electron chi connectivity index (χ2n) is 5.13. The van der Waals surface area contributed by atoms with E-state index < -0.39 is 0 Å². The third-order valence-electron chi connectivity index (χ3n) is 3.48. The highest BCUT2D eigenvalue weighted by atomic mass is 15.0. The van der Waals surface area contributed by atoms with E-state index in [1.54, 1.807) is 0 Å². The quantitative estimate of drug-likeness (QED) is 0.879. The van der Waals surface area contributed by atoms with Gasteiger partial charge in [-0.3, -0.25) is 0 Å². The molecule has 0 aliphatic rings. The third-order valence-corrected chi connectivity index (χ3v) is 3.48. The summed E-state index contributed by atoms with van der Waals surface area (Å²) >= 11 is 0. The molecule has 2 N–H and O–H groups in total. The Kier molecular flexibility index (Phi) is 3.07. The van der Waals surface area contributed by atoms with Crippen LogP contribution >= 0.6 is 0 Å². The smallest absolute Gasteiger partial charge is 0.140 e. The first-order valence-electron chi connectivity index (χ1n) is 6.09. The van der Waals surface area contributed by atoms with Crippen LogP contribution < -0.4 is 5.73 Å². The van der Waals surface area contributed by atoms with Crippen LogP contribution in [0.2, 0.25) is 0 Å². The molecule has 94 valence electrons. The number of nitrogens with two attached hydrogens (primary N) is 1. The standard InChI is InChI=1S/C15H19N3/c1-10-11(2)17-14(18-13(10)16)15(3,4)12-8-6-5-7-9-12/h5-9H,1-4H3,(H2,16,17,18). The van der Waals surface area contributed by atoms with Crippen LogP contribution in [0.25, 0.3) is 0 Å². The van der Waals surface area contributed by atoms with E-state index in [4.69, 9.17) is 5.73 Å². The van der Waals surface area contributed by atoms with Crippen molar-refractivity contribution < 1.29 is 0 Å². The Bertz CT molecular complexity index is 536. The van der Waals surface area contributed by atoms with Gasteiger partial charge in [-0.05, 0) is 33.3 Å². The molecule has 2 rings (SSSR count). The highest BCUT2D eigenvalue weighted by Crippen LogP contribution is 2.30. The SMILES string of the molecule is Cc1nc(C(C)(C)c2ccccc2)nc(N)c1C. The van der Waals surface area contributed by atoms with E-state index >= 15 is 0 Å². The van der Waals surface area contributed by atoms with Crippen molar-refractivity contribution in [3.05, 3.63) is 53.0 Å². The first kappa shape index (κ1) is 12.6. The van der Waals surface area contributed by atoms with Crippen LogP contribution in [0.3, 0.4) is 0 Å². The summed E-state index contributed by atoms with van der Waals surface area (Å²) in [5, 5.41) is 0. The molecule has 0 amide bonds. The molecule has 0 fully saturated rings. The summed E-state index contributed by atoms with van der Waals surface area (Å²) in [6.07, 6.45) is 0. The number of hydrogen-bond donors (Lipinski definition) is 1. The summed E-state index contributed by atoms with van der Waals surface area (Å²) in [5.41, 5.74) is 8.80. The highest BCUT2D eigenvalue weighted by Gasteiger charge is 2.27. The normalized spacial score (nSPS) is 11.6. The Morgan fingerprint density at radius 2 is 1.61 bits per heavy atom. The monoisotopic (exact) mass is 241 g/mol. The van der Waals surface area contributed by atoms with Gasteiger partial charge in [0.25, 0.3) is 0 Å². The molecule has 0 saturated carbocycles. The van der Waals surface area contributed by atoms with Crippen molar-refractivity contribution in [2.45, 2.75) is 33.1 Å². The molecule has 0 atom stereocenters. The van der Waals surface area contributed by atoms with Crippen LogP contribution in [0.15, 0.2) is 30.3 Å². The number of anilines is 1. The average Bonchev–Trinajstić information content (AvgIpc) is 2.36. The lowest BCUT2D eigenvalue weighted by molar-refractivity contribution is 0.587. The molecule has 0 saturated heterocycles. The fraction of sp³-hybridized carbons (Fsp3) is 0.333. The molecule has 1 heterocycles. The summed E-state index contributed by atoms with van der Waals surface area (Å²) in [5.74, 6) is 1.34. The maximum atomic E-state index is 5.95. The lowest BCUT2D eigenvalue weighted by atomic mass is 9.83. The first-order chi connectivity index (χ1) is 8.43. The maximum absolute atomic E-state index is 5.95. The molecule has 2 aromatic rings. The van der Waals surface area contributed by atoms with Gasteiger partial charge in [0.15, 0.2) is 0 Å². The molecule has 3 nitrogen and oxygen atoms in total. The molecule has 1 aromatic carbocycles. The molecular formula is C15H19N3. The predicted octanol–water partition coefficient (Wildman–Crippen LogP) is 3.00. The Balaban J connectivity index is 2.54. The van der Waals surface area contributed by atoms with E-state index in [0.29, 0.717) is 5.82 Å². The molecule has 0 unspecified atom stereocenters. The number of nitrogen functional groups attached to an aromatic ring is 1. The van der Waals surface area contributed by atoms with Crippen LogP contribution in [0.4, 0.5) is 5.82 Å². The Morgan fingerprint density at radius 3 is 2.17 bits per heavy atom. The number of aromatic nitrogens is 2. The lowest BCUT2D eigenvalue weighted by Gasteiger charge is -2.24. The lowest BCUT2D eigenvalue weighted by Crippen LogP contribution is -2.23. The average molecular weight is 241 g/mol. The van der Waals surface area contributed by atoms with Crippen molar-refractivity contribution >= 4 is 5.82 Å². The predicted molar refractivity (Wildman–Crippen MR) is 74.5 cm³/mol. The van der Waals surface area contributed by atoms with Gasteiger partial charge in [-0.25, -0.2) is 9.97 Å². The van der Waals surface area contributed by atoms with Gasteiger partial charge in [0, 0.05) is 16.7 Å². The van der Waals surface area contributed by atoms with Crippen LogP contribution in [0.5, 0.6) is 0 Å². The number of aryl methyl sites for hydroxylation is 1. The van der Waals surface area contributed by atoms with Crippen LogP contribution in [0.1, 0.15) is 36.5 Å². The second kappa shape index (κ2) is 4.41. The van der Waals surface area contributed by atoms with Crippen molar-refractivity contribution in [2.75, 3.05) is 5.73 Å². The van der Waals surface area contributed by atoms with Gasteiger partial charge in [-0.2, -0.15) is 0 Å². The minimum absolute atomic E-state index is 0.242. The van der Waals surface area contributed by atoms with Gasteiger partial charge in [0.1, 0.15) is 11.6 Å². The van der Waals surface area contributed by atoms with Crippen LogP contribution in [-0.4, -0.2) is 9.97 Å². The van der Waals surface area contributed by atoms with Gasteiger partial charge in [0.05, 0.1) is 0 Å². The van der Waals surface area contributed by atoms with Crippen molar-refractivity contribution in [3.63, 3.8) is 0 Å².